The average molecular weight is 354 g/mol. The average Bonchev–Trinajstić information content (AvgIpc) is 3.08. The lowest BCUT2D eigenvalue weighted by Gasteiger charge is -2.13. The molecule has 2 aromatic rings. The van der Waals surface area contributed by atoms with Crippen molar-refractivity contribution in [2.45, 2.75) is 12.5 Å². The van der Waals surface area contributed by atoms with E-state index < -0.39 is 6.10 Å². The van der Waals surface area contributed by atoms with Crippen LogP contribution in [0.2, 0.25) is 5.02 Å². The molecule has 6 heteroatoms. The first kappa shape index (κ1) is 17.0. The van der Waals surface area contributed by atoms with Crippen molar-refractivity contribution >= 4 is 23.2 Å². The Balaban J connectivity index is 1.99. The Bertz CT molecular complexity index is 826. The molecule has 1 atom stereocenters. The largest absolute Gasteiger partial charge is 0.351 e. The van der Waals surface area contributed by atoms with Gasteiger partial charge in [-0.3, -0.25) is 15.1 Å². The number of rotatable bonds is 5. The third kappa shape index (κ3) is 3.82. The summed E-state index contributed by atoms with van der Waals surface area (Å²) < 4.78 is 0. The van der Waals surface area contributed by atoms with Gasteiger partial charge in [-0.1, -0.05) is 54.1 Å². The van der Waals surface area contributed by atoms with Gasteiger partial charge in [-0.15, -0.1) is 0 Å². The van der Waals surface area contributed by atoms with Crippen LogP contribution in [-0.2, 0) is 9.63 Å². The van der Waals surface area contributed by atoms with Crippen molar-refractivity contribution in [2.24, 2.45) is 0 Å². The number of hydroxylamine groups is 1. The lowest BCUT2D eigenvalue weighted by Crippen LogP contribution is -2.28. The second-order valence-corrected chi connectivity index (χ2v) is 5.91. The molecule has 3 rings (SSSR count). The zero-order valence-electron chi connectivity index (χ0n) is 13.3. The number of nitrogens with zero attached hydrogens (tertiary/aromatic N) is 1. The predicted octanol–water partition coefficient (Wildman–Crippen LogP) is 3.36. The van der Waals surface area contributed by atoms with Crippen LogP contribution in [0.4, 0.5) is 0 Å². The number of benzene rings is 2. The Morgan fingerprint density at radius 2 is 1.92 bits per heavy atom. The molecule has 0 saturated heterocycles. The molecule has 0 spiro atoms. The van der Waals surface area contributed by atoms with E-state index in [2.05, 4.69) is 10.8 Å². The molecule has 0 aromatic heterocycles. The molecular formula is C19H16ClN3O2. The fraction of sp³-hybridized carbons (Fsp3) is 0.158. The summed E-state index contributed by atoms with van der Waals surface area (Å²) in [5.41, 5.74) is 5.61. The van der Waals surface area contributed by atoms with E-state index in [4.69, 9.17) is 21.7 Å². The molecule has 1 heterocycles. The maximum Gasteiger partial charge on any atom is 0.252 e. The van der Waals surface area contributed by atoms with Crippen molar-refractivity contribution in [3.05, 3.63) is 76.3 Å². The third-order valence-corrected chi connectivity index (χ3v) is 4.06. The number of carbonyl (C=O) groups excluding carboxylic acids is 1. The van der Waals surface area contributed by atoms with Gasteiger partial charge in [0.05, 0.1) is 23.8 Å². The minimum absolute atomic E-state index is 0.250. The first-order valence-electron chi connectivity index (χ1n) is 7.82. The van der Waals surface area contributed by atoms with Crippen LogP contribution in [0.15, 0.2) is 60.2 Å². The van der Waals surface area contributed by atoms with Crippen LogP contribution < -0.4 is 10.8 Å². The van der Waals surface area contributed by atoms with Crippen LogP contribution in [0.5, 0.6) is 0 Å². The van der Waals surface area contributed by atoms with Crippen LogP contribution in [0, 0.1) is 11.3 Å². The van der Waals surface area contributed by atoms with Gasteiger partial charge >= 0.3 is 0 Å². The maximum atomic E-state index is 12.7. The topological polar surface area (TPSA) is 74.2 Å². The zero-order valence-corrected chi connectivity index (χ0v) is 14.1. The van der Waals surface area contributed by atoms with Crippen LogP contribution in [-0.4, -0.2) is 12.5 Å². The Hall–Kier alpha value is -2.81. The highest BCUT2D eigenvalue weighted by molar-refractivity contribution is 6.30. The van der Waals surface area contributed by atoms with Crippen molar-refractivity contribution in [1.29, 1.82) is 5.26 Å². The van der Waals surface area contributed by atoms with Gasteiger partial charge in [0.15, 0.2) is 0 Å². The standard InChI is InChI=1S/C19H16ClN3O2/c20-15-9-7-13(8-10-15)17-16(19(24)22-12-4-11-21)18(25-23-17)14-5-2-1-3-6-14/h1-3,5-10,18,23H,4,12H2,(H,22,24)/t18-/m0/s1. The number of carbonyl (C=O) groups is 1. The van der Waals surface area contributed by atoms with E-state index in [0.29, 0.717) is 16.3 Å². The number of nitriles is 1. The van der Waals surface area contributed by atoms with Gasteiger partial charge in [0.25, 0.3) is 5.91 Å². The maximum absolute atomic E-state index is 12.7. The normalized spacial score (nSPS) is 16.2. The molecule has 0 bridgehead atoms. The quantitative estimate of drug-likeness (QED) is 0.808. The van der Waals surface area contributed by atoms with Crippen molar-refractivity contribution in [3.63, 3.8) is 0 Å². The van der Waals surface area contributed by atoms with Gasteiger partial charge < -0.3 is 5.32 Å². The van der Waals surface area contributed by atoms with E-state index in [-0.39, 0.29) is 18.9 Å². The number of hydrogen-bond donors (Lipinski definition) is 2. The zero-order chi connectivity index (χ0) is 17.6. The van der Waals surface area contributed by atoms with Gasteiger partial charge in [-0.25, -0.2) is 0 Å². The number of nitrogens with one attached hydrogen (secondary N) is 2. The first-order chi connectivity index (χ1) is 12.2. The van der Waals surface area contributed by atoms with Crippen LogP contribution in [0.25, 0.3) is 5.70 Å². The number of halogens is 1. The van der Waals surface area contributed by atoms with E-state index in [1.807, 2.05) is 48.5 Å². The monoisotopic (exact) mass is 353 g/mol. The lowest BCUT2D eigenvalue weighted by molar-refractivity contribution is -0.118. The molecule has 126 valence electrons. The second-order valence-electron chi connectivity index (χ2n) is 5.47. The molecule has 0 unspecified atom stereocenters. The highest BCUT2D eigenvalue weighted by Crippen LogP contribution is 2.36. The molecule has 25 heavy (non-hydrogen) atoms. The Kier molecular flexibility index (Phi) is 5.34. The summed E-state index contributed by atoms with van der Waals surface area (Å²) in [7, 11) is 0. The summed E-state index contributed by atoms with van der Waals surface area (Å²) in [6, 6.07) is 18.7. The molecule has 1 aliphatic heterocycles. The molecule has 2 N–H and O–H groups in total. The van der Waals surface area contributed by atoms with Gasteiger partial charge in [0.2, 0.25) is 0 Å². The highest BCUT2D eigenvalue weighted by Gasteiger charge is 2.33. The van der Waals surface area contributed by atoms with E-state index >= 15 is 0 Å². The first-order valence-corrected chi connectivity index (χ1v) is 8.20. The molecular weight excluding hydrogens is 338 g/mol. The summed E-state index contributed by atoms with van der Waals surface area (Å²) >= 11 is 5.95. The summed E-state index contributed by atoms with van der Waals surface area (Å²) in [6.45, 7) is 0.286. The lowest BCUT2D eigenvalue weighted by atomic mass is 9.97. The molecule has 0 fully saturated rings. The minimum atomic E-state index is -0.533. The smallest absolute Gasteiger partial charge is 0.252 e. The van der Waals surface area contributed by atoms with Crippen LogP contribution in [0.1, 0.15) is 23.7 Å². The number of amides is 1. The van der Waals surface area contributed by atoms with Crippen LogP contribution >= 0.6 is 11.6 Å². The Morgan fingerprint density at radius 3 is 2.60 bits per heavy atom. The molecule has 0 radical (unpaired) electrons. The molecule has 0 saturated carbocycles. The van der Waals surface area contributed by atoms with Crippen molar-refractivity contribution in [2.75, 3.05) is 6.54 Å². The molecule has 1 amide bonds. The van der Waals surface area contributed by atoms with Gasteiger partial charge in [-0.2, -0.15) is 5.26 Å². The summed E-state index contributed by atoms with van der Waals surface area (Å²) in [5, 5.41) is 12.1. The van der Waals surface area contributed by atoms with Crippen LogP contribution in [0.3, 0.4) is 0 Å². The third-order valence-electron chi connectivity index (χ3n) is 3.81. The molecule has 0 aliphatic carbocycles. The minimum Gasteiger partial charge on any atom is -0.351 e. The molecule has 2 aromatic carbocycles. The van der Waals surface area contributed by atoms with Gasteiger partial charge in [-0.05, 0) is 17.7 Å². The van der Waals surface area contributed by atoms with Crippen molar-refractivity contribution < 1.29 is 9.63 Å². The Labute approximate surface area is 150 Å². The van der Waals surface area contributed by atoms with E-state index in [9.17, 15) is 4.79 Å². The SMILES string of the molecule is N#CCCNC(=O)C1=C(c2ccc(Cl)cc2)NO[C@H]1c1ccccc1. The van der Waals surface area contributed by atoms with Crippen molar-refractivity contribution in [1.82, 2.24) is 10.8 Å². The van der Waals surface area contributed by atoms with E-state index in [1.54, 1.807) is 12.1 Å². The summed E-state index contributed by atoms with van der Waals surface area (Å²) in [5.74, 6) is -0.265. The Morgan fingerprint density at radius 1 is 1.20 bits per heavy atom. The van der Waals surface area contributed by atoms with E-state index in [0.717, 1.165) is 11.1 Å². The molecule has 5 nitrogen and oxygen atoms in total. The van der Waals surface area contributed by atoms with Crippen molar-refractivity contribution in [3.8, 4) is 6.07 Å². The highest BCUT2D eigenvalue weighted by atomic mass is 35.5. The van der Waals surface area contributed by atoms with E-state index in [1.165, 1.54) is 0 Å². The fourth-order valence-corrected chi connectivity index (χ4v) is 2.74. The predicted molar refractivity (Wildman–Crippen MR) is 95.0 cm³/mol. The van der Waals surface area contributed by atoms with Gasteiger partial charge in [0, 0.05) is 17.1 Å². The summed E-state index contributed by atoms with van der Waals surface area (Å²) in [4.78, 5) is 18.4. The second kappa shape index (κ2) is 7.84. The number of hydrogen-bond acceptors (Lipinski definition) is 4. The summed E-state index contributed by atoms with van der Waals surface area (Å²) in [6.07, 6.45) is -0.284. The molecule has 1 aliphatic rings. The fourth-order valence-electron chi connectivity index (χ4n) is 2.62. The van der Waals surface area contributed by atoms with Gasteiger partial charge in [0.1, 0.15) is 6.10 Å².